The van der Waals surface area contributed by atoms with E-state index < -0.39 is 0 Å². The van der Waals surface area contributed by atoms with Gasteiger partial charge in [-0.15, -0.1) is 11.3 Å². The average molecular weight is 447 g/mol. The first-order valence-electron chi connectivity index (χ1n) is 9.95. The van der Waals surface area contributed by atoms with Crippen molar-refractivity contribution in [2.24, 2.45) is 0 Å². The molecular weight excluding hydrogens is 424 g/mol. The fourth-order valence-corrected chi connectivity index (χ4v) is 4.03. The van der Waals surface area contributed by atoms with Gasteiger partial charge in [0.1, 0.15) is 11.4 Å². The quantitative estimate of drug-likeness (QED) is 0.424. The molecule has 0 fully saturated rings. The van der Waals surface area contributed by atoms with E-state index in [4.69, 9.17) is 4.74 Å². The Morgan fingerprint density at radius 1 is 1.06 bits per heavy atom. The number of benzene rings is 2. The van der Waals surface area contributed by atoms with Gasteiger partial charge >= 0.3 is 0 Å². The molecule has 0 saturated heterocycles. The fourth-order valence-electron chi connectivity index (χ4n) is 3.31. The van der Waals surface area contributed by atoms with Crippen LogP contribution in [0, 0.1) is 0 Å². The molecule has 0 atom stereocenters. The average Bonchev–Trinajstić information content (AvgIpc) is 3.44. The molecule has 0 radical (unpaired) electrons. The van der Waals surface area contributed by atoms with E-state index in [1.165, 1.54) is 25.4 Å². The van der Waals surface area contributed by atoms with Gasteiger partial charge in [-0.3, -0.25) is 14.3 Å². The van der Waals surface area contributed by atoms with Gasteiger partial charge in [0.05, 0.1) is 29.8 Å². The minimum absolute atomic E-state index is 0.228. The molecule has 0 unspecified atom stereocenters. The number of amides is 2. The summed E-state index contributed by atoms with van der Waals surface area (Å²) in [7, 11) is 1.52. The molecule has 2 amide bonds. The lowest BCUT2D eigenvalue weighted by atomic mass is 10.2. The van der Waals surface area contributed by atoms with Crippen LogP contribution in [0.25, 0.3) is 10.6 Å². The molecule has 2 aromatic carbocycles. The van der Waals surface area contributed by atoms with E-state index in [0.29, 0.717) is 34.9 Å². The van der Waals surface area contributed by atoms with Crippen LogP contribution in [0.4, 0.5) is 11.4 Å². The maximum atomic E-state index is 13.2. The van der Waals surface area contributed by atoms with E-state index in [9.17, 15) is 9.59 Å². The van der Waals surface area contributed by atoms with Crippen LogP contribution in [0.1, 0.15) is 22.8 Å². The lowest BCUT2D eigenvalue weighted by Gasteiger charge is -2.12. The first-order valence-corrected chi connectivity index (χ1v) is 10.8. The van der Waals surface area contributed by atoms with Crippen molar-refractivity contribution in [1.82, 2.24) is 9.78 Å². The Morgan fingerprint density at radius 3 is 2.56 bits per heavy atom. The molecule has 162 valence electrons. The molecule has 2 N–H and O–H groups in total. The standard InChI is InChI=1S/C24H22N4O3S/c1-16(29)25-20-13-18(10-11-21(20)31-2)26-24(30)19-15-28(14-17-7-4-3-5-8-17)27-23(19)22-9-6-12-32-22/h3-13,15H,14H2,1-2H3,(H,25,29)(H,26,30). The molecule has 4 rings (SSSR count). The Bertz CT molecular complexity index is 1230. The summed E-state index contributed by atoms with van der Waals surface area (Å²) in [4.78, 5) is 25.6. The normalized spacial score (nSPS) is 10.6. The molecule has 0 aliphatic rings. The minimum atomic E-state index is -0.286. The highest BCUT2D eigenvalue weighted by Gasteiger charge is 2.19. The van der Waals surface area contributed by atoms with Gasteiger partial charge in [-0.2, -0.15) is 5.10 Å². The number of nitrogens with one attached hydrogen (secondary N) is 2. The smallest absolute Gasteiger partial charge is 0.259 e. The number of hydrogen-bond donors (Lipinski definition) is 2. The van der Waals surface area contributed by atoms with E-state index in [1.54, 1.807) is 29.1 Å². The summed E-state index contributed by atoms with van der Waals surface area (Å²) >= 11 is 1.53. The zero-order chi connectivity index (χ0) is 22.5. The second kappa shape index (κ2) is 9.49. The van der Waals surface area contributed by atoms with E-state index in [0.717, 1.165) is 10.4 Å². The minimum Gasteiger partial charge on any atom is -0.495 e. The number of thiophene rings is 1. The third-order valence-corrected chi connectivity index (χ3v) is 5.59. The molecule has 2 heterocycles. The predicted octanol–water partition coefficient (Wildman–Crippen LogP) is 4.88. The molecular formula is C24H22N4O3S. The van der Waals surface area contributed by atoms with E-state index in [2.05, 4.69) is 15.7 Å². The van der Waals surface area contributed by atoms with Gasteiger partial charge in [-0.25, -0.2) is 0 Å². The number of nitrogens with zero attached hydrogens (tertiary/aromatic N) is 2. The van der Waals surface area contributed by atoms with Crippen LogP contribution in [0.15, 0.2) is 72.2 Å². The summed E-state index contributed by atoms with van der Waals surface area (Å²) in [5.41, 5.74) is 3.21. The monoisotopic (exact) mass is 446 g/mol. The Labute approximate surface area is 189 Å². The van der Waals surface area contributed by atoms with Gasteiger partial charge in [-0.1, -0.05) is 36.4 Å². The zero-order valence-corrected chi connectivity index (χ0v) is 18.5. The van der Waals surface area contributed by atoms with Gasteiger partial charge in [0, 0.05) is 18.8 Å². The number of carbonyl (C=O) groups is 2. The lowest BCUT2D eigenvalue weighted by molar-refractivity contribution is -0.114. The van der Waals surface area contributed by atoms with Crippen molar-refractivity contribution in [2.45, 2.75) is 13.5 Å². The third kappa shape index (κ3) is 4.87. The number of ether oxygens (including phenoxy) is 1. The Hall–Kier alpha value is -3.91. The highest BCUT2D eigenvalue weighted by molar-refractivity contribution is 7.13. The molecule has 7 nitrogen and oxygen atoms in total. The van der Waals surface area contributed by atoms with Crippen LogP contribution in [-0.2, 0) is 11.3 Å². The summed E-state index contributed by atoms with van der Waals surface area (Å²) in [5.74, 6) is -0.00578. The summed E-state index contributed by atoms with van der Waals surface area (Å²) in [6.45, 7) is 1.97. The molecule has 0 aliphatic heterocycles. The second-order valence-corrected chi connectivity index (χ2v) is 8.05. The van der Waals surface area contributed by atoms with Crippen molar-refractivity contribution in [3.05, 3.63) is 83.4 Å². The molecule has 0 aliphatic carbocycles. The van der Waals surface area contributed by atoms with E-state index in [1.807, 2.05) is 47.8 Å². The van der Waals surface area contributed by atoms with Gasteiger partial charge in [-0.05, 0) is 35.2 Å². The Morgan fingerprint density at radius 2 is 1.88 bits per heavy atom. The summed E-state index contributed by atoms with van der Waals surface area (Å²) in [6, 6.07) is 18.9. The summed E-state index contributed by atoms with van der Waals surface area (Å²) in [5, 5.41) is 12.3. The van der Waals surface area contributed by atoms with Crippen molar-refractivity contribution in [1.29, 1.82) is 0 Å². The second-order valence-electron chi connectivity index (χ2n) is 7.10. The van der Waals surface area contributed by atoms with E-state index >= 15 is 0 Å². The molecule has 8 heteroatoms. The van der Waals surface area contributed by atoms with Crippen molar-refractivity contribution < 1.29 is 14.3 Å². The van der Waals surface area contributed by atoms with Gasteiger partial charge in [0.15, 0.2) is 0 Å². The van der Waals surface area contributed by atoms with Crippen LogP contribution >= 0.6 is 11.3 Å². The largest absolute Gasteiger partial charge is 0.495 e. The maximum absolute atomic E-state index is 13.2. The first kappa shape index (κ1) is 21.3. The number of carbonyl (C=O) groups excluding carboxylic acids is 2. The van der Waals surface area contributed by atoms with Crippen molar-refractivity contribution >= 4 is 34.5 Å². The number of methoxy groups -OCH3 is 1. The van der Waals surface area contributed by atoms with E-state index in [-0.39, 0.29) is 11.8 Å². The molecule has 4 aromatic rings. The van der Waals surface area contributed by atoms with Crippen molar-refractivity contribution in [2.75, 3.05) is 17.7 Å². The molecule has 2 aromatic heterocycles. The maximum Gasteiger partial charge on any atom is 0.259 e. The first-order chi connectivity index (χ1) is 15.5. The number of aromatic nitrogens is 2. The third-order valence-electron chi connectivity index (χ3n) is 4.72. The van der Waals surface area contributed by atoms with Crippen molar-refractivity contribution in [3.8, 4) is 16.3 Å². The molecule has 0 saturated carbocycles. The van der Waals surface area contributed by atoms with Gasteiger partial charge in [0.2, 0.25) is 5.91 Å². The SMILES string of the molecule is COc1ccc(NC(=O)c2cn(Cc3ccccc3)nc2-c2cccs2)cc1NC(C)=O. The van der Waals surface area contributed by atoms with Crippen LogP contribution in [-0.4, -0.2) is 28.7 Å². The zero-order valence-electron chi connectivity index (χ0n) is 17.7. The van der Waals surface area contributed by atoms with Crippen LogP contribution in [0.3, 0.4) is 0 Å². The number of hydrogen-bond acceptors (Lipinski definition) is 5. The van der Waals surface area contributed by atoms with Gasteiger partial charge in [0.25, 0.3) is 5.91 Å². The number of rotatable bonds is 7. The predicted molar refractivity (Wildman–Crippen MR) is 126 cm³/mol. The topological polar surface area (TPSA) is 85.2 Å². The Balaban J connectivity index is 1.63. The van der Waals surface area contributed by atoms with Crippen molar-refractivity contribution in [3.63, 3.8) is 0 Å². The fraction of sp³-hybridized carbons (Fsp3) is 0.125. The van der Waals surface area contributed by atoms with Crippen LogP contribution in [0.5, 0.6) is 5.75 Å². The summed E-state index contributed by atoms with van der Waals surface area (Å²) in [6.07, 6.45) is 1.76. The number of anilines is 2. The highest BCUT2D eigenvalue weighted by atomic mass is 32.1. The lowest BCUT2D eigenvalue weighted by Crippen LogP contribution is -2.13. The summed E-state index contributed by atoms with van der Waals surface area (Å²) < 4.78 is 7.05. The van der Waals surface area contributed by atoms with Crippen LogP contribution in [0.2, 0.25) is 0 Å². The van der Waals surface area contributed by atoms with Crippen LogP contribution < -0.4 is 15.4 Å². The molecule has 0 spiro atoms. The Kier molecular flexibility index (Phi) is 6.32. The molecule has 0 bridgehead atoms. The van der Waals surface area contributed by atoms with Gasteiger partial charge < -0.3 is 15.4 Å². The highest BCUT2D eigenvalue weighted by Crippen LogP contribution is 2.30. The molecule has 32 heavy (non-hydrogen) atoms.